The van der Waals surface area contributed by atoms with Gasteiger partial charge in [-0.1, -0.05) is 71.8 Å². The van der Waals surface area contributed by atoms with E-state index < -0.39 is 20.0 Å². The number of benzene rings is 2. The monoisotopic (exact) mass is 1000 g/mol. The van der Waals surface area contributed by atoms with Crippen LogP contribution in [-0.2, 0) is 27.1 Å². The van der Waals surface area contributed by atoms with Crippen molar-refractivity contribution in [2.75, 3.05) is 38.7 Å². The van der Waals surface area contributed by atoms with Gasteiger partial charge in [-0.3, -0.25) is 9.97 Å². The summed E-state index contributed by atoms with van der Waals surface area (Å²) in [6.45, 7) is 2.16. The normalized spacial score (nSPS) is 19.4. The molecule has 12 nitrogen and oxygen atoms in total. The second kappa shape index (κ2) is 20.9. The van der Waals surface area contributed by atoms with Crippen molar-refractivity contribution in [2.45, 2.75) is 50.4 Å². The van der Waals surface area contributed by atoms with Crippen LogP contribution in [0.4, 0.5) is 0 Å². The second-order valence-electron chi connectivity index (χ2n) is 18.4. The second-order valence-corrected chi connectivity index (χ2v) is 23.2. The third kappa shape index (κ3) is 11.3. The number of aryl methyl sites for hydroxylation is 1. The summed E-state index contributed by atoms with van der Waals surface area (Å²) in [6.07, 6.45) is 31.0. The highest BCUT2D eigenvalue weighted by atomic mass is 35.5. The number of halogens is 2. The highest BCUT2D eigenvalue weighted by Gasteiger charge is 2.37. The average molecular weight is 1000 g/mol. The number of nitrogens with zero attached hydrogens (tertiary/aromatic N) is 7. The molecule has 2 aliphatic carbocycles. The van der Waals surface area contributed by atoms with Gasteiger partial charge in [0, 0.05) is 84.8 Å². The Morgan fingerprint density at radius 2 is 1.17 bits per heavy atom. The summed E-state index contributed by atoms with van der Waals surface area (Å²) in [5, 5.41) is 1.40. The van der Waals surface area contributed by atoms with Crippen LogP contribution in [0.15, 0.2) is 110 Å². The zero-order valence-corrected chi connectivity index (χ0v) is 42.1. The fourth-order valence-electron chi connectivity index (χ4n) is 10.5. The summed E-state index contributed by atoms with van der Waals surface area (Å²) in [5.41, 5.74) is 13.3. The predicted octanol–water partition coefficient (Wildman–Crippen LogP) is 10.4. The lowest BCUT2D eigenvalue weighted by Gasteiger charge is -2.35. The molecule has 2 atom stereocenters. The summed E-state index contributed by atoms with van der Waals surface area (Å²) >= 11 is 12.9. The number of allylic oxidation sites excluding steroid dienone is 4. The SMILES string of the molecule is CS(=O)(=O)N1CCC(C2c3ccc(Cl)cc3C=C(C/C=C/c3cnc[nH]3)c3cccnc32)CC1.Cn1cnc(/C=C/CC2=Cc3cc(Cl)ccc3C(C3CCN(S(C)(=O)=O)CC3)c3ncccc32)c1. The van der Waals surface area contributed by atoms with Crippen LogP contribution < -0.4 is 0 Å². The van der Waals surface area contributed by atoms with Gasteiger partial charge in [0.25, 0.3) is 0 Å². The number of fused-ring (bicyclic) bond motifs is 4. The van der Waals surface area contributed by atoms with Gasteiger partial charge in [-0.2, -0.15) is 0 Å². The maximum Gasteiger partial charge on any atom is 0.211 e. The molecule has 6 heterocycles. The first kappa shape index (κ1) is 48.5. The molecule has 69 heavy (non-hydrogen) atoms. The fourth-order valence-corrected chi connectivity index (χ4v) is 12.6. The van der Waals surface area contributed by atoms with Crippen molar-refractivity contribution in [3.63, 3.8) is 0 Å². The maximum absolute atomic E-state index is 12.1. The Hall–Kier alpha value is -5.48. The van der Waals surface area contributed by atoms with E-state index in [1.807, 2.05) is 78.8 Å². The van der Waals surface area contributed by atoms with Gasteiger partial charge in [0.2, 0.25) is 20.0 Å². The number of piperidine rings is 2. The van der Waals surface area contributed by atoms with Gasteiger partial charge in [-0.25, -0.2) is 35.4 Å². The molecule has 2 saturated heterocycles. The highest BCUT2D eigenvalue weighted by molar-refractivity contribution is 7.88. The molecule has 0 bridgehead atoms. The molecule has 2 aliphatic heterocycles. The maximum atomic E-state index is 12.1. The quantitative estimate of drug-likeness (QED) is 0.143. The highest BCUT2D eigenvalue weighted by Crippen LogP contribution is 2.47. The summed E-state index contributed by atoms with van der Waals surface area (Å²) in [6, 6.07) is 20.4. The first-order valence-electron chi connectivity index (χ1n) is 23.3. The Morgan fingerprint density at radius 3 is 1.61 bits per heavy atom. The van der Waals surface area contributed by atoms with Crippen LogP contribution >= 0.6 is 23.2 Å². The fraction of sp³-hybridized carbons (Fsp3) is 0.321. The van der Waals surface area contributed by atoms with E-state index >= 15 is 0 Å². The van der Waals surface area contributed by atoms with E-state index in [9.17, 15) is 16.8 Å². The van der Waals surface area contributed by atoms with E-state index in [0.717, 1.165) is 83.6 Å². The Balaban J connectivity index is 0.000000172. The average Bonchev–Trinajstić information content (AvgIpc) is 3.96. The van der Waals surface area contributed by atoms with Crippen LogP contribution in [0.25, 0.3) is 35.5 Å². The molecule has 2 unspecified atom stereocenters. The van der Waals surface area contributed by atoms with E-state index in [4.69, 9.17) is 33.2 Å². The molecule has 358 valence electrons. The molecule has 2 fully saturated rings. The number of nitrogens with one attached hydrogen (secondary N) is 1. The number of aromatic amines is 1. The zero-order chi connectivity index (χ0) is 48.3. The standard InChI is InChI=1S/C27H29ClN4O2S.C26H27ClN4O2S/c1-31-17-23(30-18-31)6-3-5-20-15-21-16-22(28)8-9-24(21)26(27-25(20)7-4-12-29-27)19-10-13-32(14-11-19)35(2,33)34;1-34(32,33)31-12-9-18(10-13-31)25-23-8-7-21(27)15-20(23)14-19(24-6-3-11-29-26(24)25)4-2-5-22-16-28-17-30-22/h3-4,6-9,12,15-19,26H,5,10-11,13-14H2,1-2H3;2-3,5-8,11,14-18,25H,4,9-10,12-13H2,1H3,(H,28,30)/b6-3+;5-2+. The molecule has 2 aromatic carbocycles. The lowest BCUT2D eigenvalue weighted by molar-refractivity contribution is 0.256. The van der Waals surface area contributed by atoms with Crippen molar-refractivity contribution in [3.05, 3.63) is 176 Å². The minimum atomic E-state index is -3.18. The van der Waals surface area contributed by atoms with Crippen molar-refractivity contribution >= 4 is 78.7 Å². The molecule has 0 spiro atoms. The largest absolute Gasteiger partial charge is 0.345 e. The predicted molar refractivity (Wildman–Crippen MR) is 278 cm³/mol. The molecule has 10 rings (SSSR count). The minimum absolute atomic E-state index is 0.0775. The van der Waals surface area contributed by atoms with Crippen molar-refractivity contribution in [2.24, 2.45) is 18.9 Å². The molecular weight excluding hydrogens is 948 g/mol. The number of aromatic nitrogens is 6. The first-order chi connectivity index (χ1) is 33.2. The number of hydrogen-bond acceptors (Lipinski definition) is 8. The number of H-pyrrole nitrogens is 1. The van der Waals surface area contributed by atoms with E-state index in [2.05, 4.69) is 63.5 Å². The van der Waals surface area contributed by atoms with Gasteiger partial charge in [0.1, 0.15) is 0 Å². The molecule has 0 saturated carbocycles. The van der Waals surface area contributed by atoms with Gasteiger partial charge >= 0.3 is 0 Å². The van der Waals surface area contributed by atoms with Crippen LogP contribution in [0.5, 0.6) is 0 Å². The van der Waals surface area contributed by atoms with E-state index in [1.165, 1.54) is 34.8 Å². The van der Waals surface area contributed by atoms with E-state index in [0.29, 0.717) is 48.1 Å². The number of pyridine rings is 2. The molecule has 4 aliphatic rings. The van der Waals surface area contributed by atoms with Gasteiger partial charge in [0.05, 0.1) is 54.1 Å². The van der Waals surface area contributed by atoms with Gasteiger partial charge < -0.3 is 9.55 Å². The molecular formula is C53H56Cl2N8O4S2. The van der Waals surface area contributed by atoms with Crippen molar-refractivity contribution in [1.29, 1.82) is 0 Å². The number of hydrogen-bond donors (Lipinski definition) is 1. The van der Waals surface area contributed by atoms with E-state index in [-0.39, 0.29) is 11.8 Å². The summed E-state index contributed by atoms with van der Waals surface area (Å²) in [7, 11) is -4.40. The molecule has 6 aromatic rings. The summed E-state index contributed by atoms with van der Waals surface area (Å²) < 4.78 is 53.4. The van der Waals surface area contributed by atoms with Crippen molar-refractivity contribution in [1.82, 2.24) is 38.1 Å². The van der Waals surface area contributed by atoms with Gasteiger partial charge in [-0.15, -0.1) is 0 Å². The van der Waals surface area contributed by atoms with Crippen LogP contribution in [-0.4, -0.2) is 93.6 Å². The topological polar surface area (TPSA) is 147 Å². The summed E-state index contributed by atoms with van der Waals surface area (Å²) in [5.74, 6) is 0.738. The Kier molecular flexibility index (Phi) is 14.7. The Labute approximate surface area is 415 Å². The number of sulfonamides is 2. The van der Waals surface area contributed by atoms with Gasteiger partial charge in [-0.05, 0) is 132 Å². The lowest BCUT2D eigenvalue weighted by Crippen LogP contribution is -2.39. The van der Waals surface area contributed by atoms with Crippen molar-refractivity contribution < 1.29 is 16.8 Å². The zero-order valence-electron chi connectivity index (χ0n) is 38.9. The van der Waals surface area contributed by atoms with Crippen LogP contribution in [0.2, 0.25) is 10.0 Å². The van der Waals surface area contributed by atoms with Gasteiger partial charge in [0.15, 0.2) is 0 Å². The number of rotatable bonds is 10. The Bertz CT molecular complexity index is 3170. The smallest absolute Gasteiger partial charge is 0.211 e. The van der Waals surface area contributed by atoms with Crippen LogP contribution in [0, 0.1) is 11.8 Å². The van der Waals surface area contributed by atoms with Crippen LogP contribution in [0.1, 0.15) is 107 Å². The molecule has 0 radical (unpaired) electrons. The molecule has 16 heteroatoms. The lowest BCUT2D eigenvalue weighted by atomic mass is 9.76. The third-order valence-electron chi connectivity index (χ3n) is 13.8. The van der Waals surface area contributed by atoms with E-state index in [1.54, 1.807) is 27.5 Å². The molecule has 4 aromatic heterocycles. The van der Waals surface area contributed by atoms with Crippen molar-refractivity contribution in [3.8, 4) is 0 Å². The number of imidazole rings is 2. The Morgan fingerprint density at radius 1 is 0.681 bits per heavy atom. The molecule has 0 amide bonds. The van der Waals surface area contributed by atoms with Crippen LogP contribution in [0.3, 0.4) is 0 Å². The third-order valence-corrected chi connectivity index (χ3v) is 16.8. The minimum Gasteiger partial charge on any atom is -0.345 e. The molecule has 1 N–H and O–H groups in total. The summed E-state index contributed by atoms with van der Waals surface area (Å²) in [4.78, 5) is 21.3. The first-order valence-corrected chi connectivity index (χ1v) is 27.7.